The van der Waals surface area contributed by atoms with Crippen LogP contribution in [-0.2, 0) is 0 Å². The Morgan fingerprint density at radius 1 is 0.793 bits per heavy atom. The molecule has 3 rings (SSSR count). The maximum atomic E-state index is 12.3. The minimum absolute atomic E-state index is 0.225. The van der Waals surface area contributed by atoms with Gasteiger partial charge in [-0.25, -0.2) is 0 Å². The lowest BCUT2D eigenvalue weighted by atomic mass is 9.62. The Morgan fingerprint density at radius 2 is 1.38 bits per heavy atom. The van der Waals surface area contributed by atoms with Gasteiger partial charge in [-0.3, -0.25) is 0 Å². The summed E-state index contributed by atoms with van der Waals surface area (Å²) in [7, 11) is 0. The lowest BCUT2D eigenvalue weighted by Gasteiger charge is -2.51. The molecule has 0 spiro atoms. The maximum absolute atomic E-state index is 12.3. The van der Waals surface area contributed by atoms with E-state index in [1.165, 1.54) is 30.4 Å². The highest BCUT2D eigenvalue weighted by molar-refractivity contribution is 5.24. The summed E-state index contributed by atoms with van der Waals surface area (Å²) < 4.78 is 0. The van der Waals surface area contributed by atoms with Crippen LogP contribution in [0.2, 0.25) is 0 Å². The fourth-order valence-electron chi connectivity index (χ4n) is 5.57. The van der Waals surface area contributed by atoms with Crippen LogP contribution < -0.4 is 5.32 Å². The molecule has 2 aromatic carbocycles. The molecule has 1 saturated heterocycles. The third-order valence-corrected chi connectivity index (χ3v) is 7.22. The molecule has 3 N–H and O–H groups in total. The topological polar surface area (TPSA) is 36.8 Å². The van der Waals surface area contributed by atoms with Crippen LogP contribution in [-0.4, -0.2) is 10.7 Å². The van der Waals surface area contributed by atoms with Crippen LogP contribution in [0.4, 0.5) is 0 Å². The van der Waals surface area contributed by atoms with Crippen LogP contribution in [0, 0.1) is 11.8 Å². The number of nitrogens with two attached hydrogens (primary N) is 1. The fourth-order valence-corrected chi connectivity index (χ4v) is 5.57. The molecular weight excluding hydrogens is 354 g/mol. The average molecular weight is 395 g/mol. The van der Waals surface area contributed by atoms with Crippen molar-refractivity contribution in [2.75, 3.05) is 0 Å². The molecule has 1 fully saturated rings. The van der Waals surface area contributed by atoms with Crippen molar-refractivity contribution in [3.63, 3.8) is 0 Å². The van der Waals surface area contributed by atoms with Crippen molar-refractivity contribution in [3.05, 3.63) is 71.8 Å². The van der Waals surface area contributed by atoms with Crippen LogP contribution in [0.1, 0.15) is 88.9 Å². The Labute approximate surface area is 177 Å². The summed E-state index contributed by atoms with van der Waals surface area (Å²) in [4.78, 5) is 0. The van der Waals surface area contributed by atoms with E-state index in [4.69, 9.17) is 0 Å². The highest BCUT2D eigenvalue weighted by atomic mass is 16.3. The Balaban J connectivity index is 1.98. The molecule has 5 atom stereocenters. The average Bonchev–Trinajstić information content (AvgIpc) is 2.76. The lowest BCUT2D eigenvalue weighted by molar-refractivity contribution is -0.765. The minimum atomic E-state index is -0.625. The number of unbranched alkanes of at least 4 members (excludes halogenated alkanes) is 3. The van der Waals surface area contributed by atoms with Crippen molar-refractivity contribution in [2.24, 2.45) is 11.8 Å². The summed E-state index contributed by atoms with van der Waals surface area (Å²) in [5.41, 5.74) is 2.06. The number of benzene rings is 2. The zero-order chi connectivity index (χ0) is 20.7. The molecule has 1 heterocycles. The molecule has 0 saturated carbocycles. The number of hydrogen-bond acceptors (Lipinski definition) is 1. The van der Waals surface area contributed by atoms with Crippen LogP contribution in [0.15, 0.2) is 60.7 Å². The van der Waals surface area contributed by atoms with E-state index in [9.17, 15) is 5.11 Å². The summed E-state index contributed by atoms with van der Waals surface area (Å²) in [6.45, 7) is 6.80. The molecule has 0 amide bonds. The quantitative estimate of drug-likeness (QED) is 0.518. The highest BCUT2D eigenvalue weighted by Gasteiger charge is 2.54. The zero-order valence-corrected chi connectivity index (χ0v) is 18.6. The van der Waals surface area contributed by atoms with Crippen LogP contribution in [0.5, 0.6) is 0 Å². The van der Waals surface area contributed by atoms with E-state index in [1.54, 1.807) is 0 Å². The first-order valence-corrected chi connectivity index (χ1v) is 11.8. The lowest BCUT2D eigenvalue weighted by Crippen LogP contribution is -2.93. The van der Waals surface area contributed by atoms with E-state index in [0.29, 0.717) is 6.04 Å². The van der Waals surface area contributed by atoms with Gasteiger partial charge < -0.3 is 10.4 Å². The van der Waals surface area contributed by atoms with Crippen molar-refractivity contribution < 1.29 is 10.4 Å². The second-order valence-corrected chi connectivity index (χ2v) is 9.05. The van der Waals surface area contributed by atoms with Gasteiger partial charge in [-0.05, 0) is 12.8 Å². The van der Waals surface area contributed by atoms with Gasteiger partial charge in [0.2, 0.25) is 0 Å². The molecule has 2 nitrogen and oxygen atoms in total. The molecule has 1 aliphatic heterocycles. The van der Waals surface area contributed by atoms with Crippen molar-refractivity contribution in [2.45, 2.75) is 83.4 Å². The largest absolute Gasteiger partial charge is 0.389 e. The summed E-state index contributed by atoms with van der Waals surface area (Å²) >= 11 is 0. The van der Waals surface area contributed by atoms with E-state index in [1.807, 2.05) is 0 Å². The summed E-state index contributed by atoms with van der Waals surface area (Å²) in [5, 5.41) is 14.8. The third-order valence-electron chi connectivity index (χ3n) is 7.22. The first kappa shape index (κ1) is 22.1. The van der Waals surface area contributed by atoms with Crippen molar-refractivity contribution in [1.82, 2.24) is 0 Å². The van der Waals surface area contributed by atoms with Gasteiger partial charge in [0.1, 0.15) is 12.1 Å². The first-order valence-electron chi connectivity index (χ1n) is 11.8. The summed E-state index contributed by atoms with van der Waals surface area (Å²) in [6.07, 6.45) is 7.95. The molecule has 0 bridgehead atoms. The number of hydrogen-bond donors (Lipinski definition) is 2. The monoisotopic (exact) mass is 394 g/mol. The van der Waals surface area contributed by atoms with Gasteiger partial charge >= 0.3 is 0 Å². The Bertz CT molecular complexity index is 716. The van der Waals surface area contributed by atoms with Crippen LogP contribution in [0.25, 0.3) is 0 Å². The third kappa shape index (κ3) is 4.92. The smallest absolute Gasteiger partial charge is 0.118 e. The number of piperidine rings is 1. The van der Waals surface area contributed by atoms with E-state index < -0.39 is 5.60 Å². The van der Waals surface area contributed by atoms with Crippen molar-refractivity contribution in [3.8, 4) is 0 Å². The molecule has 0 unspecified atom stereocenters. The van der Waals surface area contributed by atoms with Gasteiger partial charge in [-0.2, -0.15) is 0 Å². The molecular formula is C27H40NO+. The van der Waals surface area contributed by atoms with Crippen molar-refractivity contribution >= 4 is 0 Å². The van der Waals surface area contributed by atoms with Gasteiger partial charge in [0, 0.05) is 23.0 Å². The Hall–Kier alpha value is -1.64. The van der Waals surface area contributed by atoms with Gasteiger partial charge in [-0.15, -0.1) is 0 Å². The van der Waals surface area contributed by atoms with E-state index >= 15 is 0 Å². The summed E-state index contributed by atoms with van der Waals surface area (Å²) in [6, 6.07) is 22.3. The Morgan fingerprint density at radius 3 is 1.93 bits per heavy atom. The minimum Gasteiger partial charge on any atom is -0.389 e. The van der Waals surface area contributed by atoms with Gasteiger partial charge in [0.15, 0.2) is 0 Å². The molecule has 29 heavy (non-hydrogen) atoms. The number of quaternary nitrogens is 1. The SMILES string of the molecule is CCCCCC[C@@]1(O)[C@@H](C)[C@H](c2ccccc2)[NH2+][C@H](c2ccccc2)[C@@H]1CCC. The van der Waals surface area contributed by atoms with Gasteiger partial charge in [-0.1, -0.05) is 114 Å². The van der Waals surface area contributed by atoms with E-state index in [2.05, 4.69) is 86.8 Å². The molecule has 158 valence electrons. The normalized spacial score (nSPS) is 29.7. The maximum Gasteiger partial charge on any atom is 0.118 e. The fraction of sp³-hybridized carbons (Fsp3) is 0.556. The standard InChI is InChI=1S/C27H39NO/c1-4-6-7-14-20-27(29)21(3)25(22-16-10-8-11-17-22)28-26(24(27)15-5-2)23-18-12-9-13-19-23/h8-13,16-19,21,24-26,28-29H,4-7,14-15,20H2,1-3H3/p+1/t21-,24-,25+,26+,27+/m0/s1. The molecule has 2 aromatic rings. The van der Waals surface area contributed by atoms with Gasteiger partial charge in [0.05, 0.1) is 5.60 Å². The van der Waals surface area contributed by atoms with Crippen LogP contribution >= 0.6 is 0 Å². The second-order valence-electron chi connectivity index (χ2n) is 9.05. The second kappa shape index (κ2) is 10.4. The molecule has 0 aliphatic carbocycles. The highest BCUT2D eigenvalue weighted by Crippen LogP contribution is 2.47. The molecule has 2 heteroatoms. The Kier molecular flexibility index (Phi) is 7.91. The van der Waals surface area contributed by atoms with Gasteiger partial charge in [0.25, 0.3) is 0 Å². The van der Waals surface area contributed by atoms with E-state index in [-0.39, 0.29) is 17.9 Å². The number of aliphatic hydroxyl groups is 1. The summed E-state index contributed by atoms with van der Waals surface area (Å²) in [5.74, 6) is 0.509. The first-order chi connectivity index (χ1) is 14.1. The molecule has 0 radical (unpaired) electrons. The predicted octanol–water partition coefficient (Wildman–Crippen LogP) is 5.80. The van der Waals surface area contributed by atoms with E-state index in [0.717, 1.165) is 25.7 Å². The number of rotatable bonds is 9. The predicted molar refractivity (Wildman–Crippen MR) is 122 cm³/mol. The van der Waals surface area contributed by atoms with Crippen molar-refractivity contribution in [1.29, 1.82) is 0 Å². The molecule has 0 aromatic heterocycles. The van der Waals surface area contributed by atoms with Crippen LogP contribution in [0.3, 0.4) is 0 Å². The molecule has 1 aliphatic rings. The zero-order valence-electron chi connectivity index (χ0n) is 18.6.